The monoisotopic (exact) mass is 342 g/mol. The average molecular weight is 342 g/mol. The van der Waals surface area contributed by atoms with Crippen molar-refractivity contribution in [1.29, 1.82) is 0 Å². The predicted octanol–water partition coefficient (Wildman–Crippen LogP) is 4.26. The van der Waals surface area contributed by atoms with Crippen LogP contribution < -0.4 is 4.18 Å². The van der Waals surface area contributed by atoms with E-state index in [-0.39, 0.29) is 5.75 Å². The minimum Gasteiger partial charge on any atom is -0.391 e. The zero-order chi connectivity index (χ0) is 16.2. The summed E-state index contributed by atoms with van der Waals surface area (Å²) in [6.07, 6.45) is 4.77. The standard InChI is InChI=1S/C16H22O4S2/c1-4-5-12-22(17,18)20-21(2,3)19-16-11-10-14-8-6-7-9-15(14)13-16/h6-11,13H,4-5,12H2,1-3H3. The van der Waals surface area contributed by atoms with E-state index in [1.165, 1.54) is 0 Å². The summed E-state index contributed by atoms with van der Waals surface area (Å²) in [5.41, 5.74) is 0. The van der Waals surface area contributed by atoms with Gasteiger partial charge in [0.15, 0.2) is 5.75 Å². The SMILES string of the molecule is CCCCS(=O)(=O)OS(C)(C)Oc1ccc2ccccc2c1. The molecule has 0 spiro atoms. The molecule has 6 heteroatoms. The van der Waals surface area contributed by atoms with Gasteiger partial charge in [-0.05, 0) is 29.3 Å². The van der Waals surface area contributed by atoms with Crippen molar-refractivity contribution in [1.82, 2.24) is 0 Å². The Balaban J connectivity index is 2.12. The summed E-state index contributed by atoms with van der Waals surface area (Å²) in [7, 11) is -5.73. The molecule has 0 fully saturated rings. The van der Waals surface area contributed by atoms with Gasteiger partial charge in [0.05, 0.1) is 5.75 Å². The van der Waals surface area contributed by atoms with Crippen molar-refractivity contribution >= 4 is 31.5 Å². The lowest BCUT2D eigenvalue weighted by atomic mass is 10.1. The molecule has 2 aromatic rings. The molecule has 2 aromatic carbocycles. The summed E-state index contributed by atoms with van der Waals surface area (Å²) in [6.45, 7) is 1.94. The zero-order valence-electron chi connectivity index (χ0n) is 13.1. The molecule has 22 heavy (non-hydrogen) atoms. The van der Waals surface area contributed by atoms with E-state index in [4.69, 9.17) is 7.81 Å². The first kappa shape index (κ1) is 17.1. The van der Waals surface area contributed by atoms with Gasteiger partial charge < -0.3 is 4.18 Å². The Labute approximate surface area is 134 Å². The highest BCUT2D eigenvalue weighted by Crippen LogP contribution is 2.45. The lowest BCUT2D eigenvalue weighted by Crippen LogP contribution is -2.17. The lowest BCUT2D eigenvalue weighted by molar-refractivity contribution is 0.472. The van der Waals surface area contributed by atoms with Crippen molar-refractivity contribution < 1.29 is 16.2 Å². The van der Waals surface area contributed by atoms with Gasteiger partial charge in [0.1, 0.15) is 0 Å². The lowest BCUT2D eigenvalue weighted by Gasteiger charge is -2.34. The molecule has 0 atom stereocenters. The largest absolute Gasteiger partial charge is 0.391 e. The maximum atomic E-state index is 11.9. The third-order valence-electron chi connectivity index (χ3n) is 3.03. The van der Waals surface area contributed by atoms with Gasteiger partial charge in [-0.15, -0.1) is 10.6 Å². The maximum Gasteiger partial charge on any atom is 0.286 e. The van der Waals surface area contributed by atoms with Gasteiger partial charge in [0.25, 0.3) is 10.1 Å². The van der Waals surface area contributed by atoms with Crippen LogP contribution in [0.25, 0.3) is 10.8 Å². The average Bonchev–Trinajstić information content (AvgIpc) is 2.43. The van der Waals surface area contributed by atoms with E-state index in [9.17, 15) is 8.42 Å². The zero-order valence-corrected chi connectivity index (χ0v) is 14.7. The second kappa shape index (κ2) is 6.89. The summed E-state index contributed by atoms with van der Waals surface area (Å²) in [6, 6.07) is 13.6. The Morgan fingerprint density at radius 2 is 1.68 bits per heavy atom. The van der Waals surface area contributed by atoms with E-state index in [1.807, 2.05) is 49.4 Å². The molecular formula is C16H22O4S2. The molecular weight excluding hydrogens is 320 g/mol. The van der Waals surface area contributed by atoms with Crippen LogP contribution in [0.5, 0.6) is 5.75 Å². The first-order valence-corrected chi connectivity index (χ1v) is 11.0. The third-order valence-corrected chi connectivity index (χ3v) is 6.56. The van der Waals surface area contributed by atoms with E-state index in [2.05, 4.69) is 0 Å². The Morgan fingerprint density at radius 3 is 2.36 bits per heavy atom. The van der Waals surface area contributed by atoms with Crippen molar-refractivity contribution in [2.24, 2.45) is 0 Å². The second-order valence-corrected chi connectivity index (χ2v) is 9.94. The first-order valence-electron chi connectivity index (χ1n) is 7.17. The van der Waals surface area contributed by atoms with Crippen molar-refractivity contribution in [3.8, 4) is 5.75 Å². The van der Waals surface area contributed by atoms with Crippen LogP contribution >= 0.6 is 10.6 Å². The molecule has 0 amide bonds. The van der Waals surface area contributed by atoms with Gasteiger partial charge >= 0.3 is 0 Å². The van der Waals surface area contributed by atoms with Crippen LogP contribution in [0, 0.1) is 0 Å². The molecule has 0 bridgehead atoms. The molecule has 0 aliphatic rings. The smallest absolute Gasteiger partial charge is 0.286 e. The highest BCUT2D eigenvalue weighted by atomic mass is 32.3. The van der Waals surface area contributed by atoms with E-state index in [0.717, 1.165) is 17.2 Å². The number of rotatable bonds is 7. The summed E-state index contributed by atoms with van der Waals surface area (Å²) in [5, 5.41) is 2.16. The summed E-state index contributed by atoms with van der Waals surface area (Å²) < 4.78 is 34.9. The van der Waals surface area contributed by atoms with Gasteiger partial charge in [-0.1, -0.05) is 43.7 Å². The van der Waals surface area contributed by atoms with Crippen LogP contribution in [0.1, 0.15) is 19.8 Å². The van der Waals surface area contributed by atoms with E-state index in [1.54, 1.807) is 12.5 Å². The number of unbranched alkanes of at least 4 members (excludes halogenated alkanes) is 1. The van der Waals surface area contributed by atoms with Crippen molar-refractivity contribution in [3.63, 3.8) is 0 Å². The Kier molecular flexibility index (Phi) is 5.36. The molecule has 0 aliphatic carbocycles. The number of benzene rings is 2. The van der Waals surface area contributed by atoms with Crippen LogP contribution in [0.4, 0.5) is 0 Å². The summed E-state index contributed by atoms with van der Waals surface area (Å²) in [4.78, 5) is 0. The molecule has 0 aliphatic heterocycles. The molecule has 122 valence electrons. The molecule has 0 saturated heterocycles. The Morgan fingerprint density at radius 1 is 1.00 bits per heavy atom. The molecule has 0 unspecified atom stereocenters. The topological polar surface area (TPSA) is 52.6 Å². The van der Waals surface area contributed by atoms with E-state index < -0.39 is 20.7 Å². The molecule has 0 radical (unpaired) electrons. The molecule has 0 N–H and O–H groups in total. The number of fused-ring (bicyclic) bond motifs is 1. The summed E-state index contributed by atoms with van der Waals surface area (Å²) >= 11 is 0. The van der Waals surface area contributed by atoms with Crippen LogP contribution in [0.15, 0.2) is 42.5 Å². The normalized spacial score (nSPS) is 13.2. The number of hydrogen-bond donors (Lipinski definition) is 0. The van der Waals surface area contributed by atoms with Gasteiger partial charge in [-0.25, -0.2) is 0 Å². The van der Waals surface area contributed by atoms with E-state index in [0.29, 0.717) is 12.2 Å². The molecule has 4 nitrogen and oxygen atoms in total. The van der Waals surface area contributed by atoms with Gasteiger partial charge in [0.2, 0.25) is 0 Å². The first-order chi connectivity index (χ1) is 10.3. The fourth-order valence-corrected chi connectivity index (χ4v) is 5.66. The highest BCUT2D eigenvalue weighted by Gasteiger charge is 2.21. The van der Waals surface area contributed by atoms with Crippen LogP contribution in [-0.4, -0.2) is 26.7 Å². The van der Waals surface area contributed by atoms with Gasteiger partial charge in [0, 0.05) is 12.5 Å². The maximum absolute atomic E-state index is 11.9. The van der Waals surface area contributed by atoms with E-state index >= 15 is 0 Å². The molecule has 0 heterocycles. The Hall–Kier alpha value is -1.24. The summed E-state index contributed by atoms with van der Waals surface area (Å²) in [5.74, 6) is 0.644. The van der Waals surface area contributed by atoms with Crippen molar-refractivity contribution in [2.75, 3.05) is 18.3 Å². The minimum absolute atomic E-state index is 0.0288. The fraction of sp³-hybridized carbons (Fsp3) is 0.375. The Bertz CT molecular complexity index is 739. The molecule has 2 rings (SSSR count). The predicted molar refractivity (Wildman–Crippen MR) is 93.8 cm³/mol. The van der Waals surface area contributed by atoms with Crippen molar-refractivity contribution in [3.05, 3.63) is 42.5 Å². The van der Waals surface area contributed by atoms with Crippen LogP contribution in [0.2, 0.25) is 0 Å². The molecule has 0 aromatic heterocycles. The fourth-order valence-electron chi connectivity index (χ4n) is 2.07. The van der Waals surface area contributed by atoms with Gasteiger partial charge in [-0.3, -0.25) is 0 Å². The highest BCUT2D eigenvalue weighted by molar-refractivity contribution is 8.28. The van der Waals surface area contributed by atoms with Crippen molar-refractivity contribution in [2.45, 2.75) is 19.8 Å². The molecule has 0 saturated carbocycles. The minimum atomic E-state index is -3.55. The van der Waals surface area contributed by atoms with Gasteiger partial charge in [-0.2, -0.15) is 12.0 Å². The quantitative estimate of drug-likeness (QED) is 0.754. The van der Waals surface area contributed by atoms with Crippen LogP contribution in [0.3, 0.4) is 0 Å². The van der Waals surface area contributed by atoms with Crippen LogP contribution in [-0.2, 0) is 13.7 Å². The number of hydrogen-bond acceptors (Lipinski definition) is 4. The third kappa shape index (κ3) is 4.90. The second-order valence-electron chi connectivity index (χ2n) is 5.42.